The Morgan fingerprint density at radius 3 is 2.81 bits per heavy atom. The highest BCUT2D eigenvalue weighted by atomic mass is 19.1. The van der Waals surface area contributed by atoms with Crippen molar-refractivity contribution < 1.29 is 14.0 Å². The second-order valence-corrected chi connectivity index (χ2v) is 4.37. The summed E-state index contributed by atoms with van der Waals surface area (Å²) in [5.41, 5.74) is 1.06. The molecule has 6 nitrogen and oxygen atoms in total. The van der Waals surface area contributed by atoms with E-state index >= 15 is 0 Å². The number of H-pyrrole nitrogens is 1. The molecule has 3 N–H and O–H groups in total. The Morgan fingerprint density at radius 2 is 2.14 bits per heavy atom. The molecule has 0 radical (unpaired) electrons. The molecule has 0 aliphatic rings. The van der Waals surface area contributed by atoms with Crippen LogP contribution in [0.15, 0.2) is 30.3 Å². The third-order valence-corrected chi connectivity index (χ3v) is 2.78. The first-order valence-corrected chi connectivity index (χ1v) is 6.46. The normalized spacial score (nSPS) is 10.2. The van der Waals surface area contributed by atoms with Crippen LogP contribution >= 0.6 is 0 Å². The molecule has 7 heteroatoms. The molecular weight excluding hydrogens is 275 g/mol. The number of amides is 2. The molecule has 0 bridgehead atoms. The minimum absolute atomic E-state index is 0.163. The lowest BCUT2D eigenvalue weighted by Crippen LogP contribution is -2.32. The number of nitrogens with zero attached hydrogens (tertiary/aromatic N) is 1. The van der Waals surface area contributed by atoms with E-state index in [-0.39, 0.29) is 12.1 Å². The van der Waals surface area contributed by atoms with Gasteiger partial charge in [-0.2, -0.15) is 5.10 Å². The van der Waals surface area contributed by atoms with Crippen molar-refractivity contribution in [2.45, 2.75) is 13.3 Å². The molecule has 0 saturated carbocycles. The Morgan fingerprint density at radius 1 is 1.33 bits per heavy atom. The van der Waals surface area contributed by atoms with Crippen molar-refractivity contribution in [1.29, 1.82) is 0 Å². The summed E-state index contributed by atoms with van der Waals surface area (Å²) >= 11 is 0. The van der Waals surface area contributed by atoms with Crippen molar-refractivity contribution in [2.24, 2.45) is 0 Å². The van der Waals surface area contributed by atoms with Crippen molar-refractivity contribution in [3.8, 4) is 0 Å². The van der Waals surface area contributed by atoms with Crippen LogP contribution in [0.5, 0.6) is 0 Å². The van der Waals surface area contributed by atoms with Crippen LogP contribution in [0.3, 0.4) is 0 Å². The zero-order valence-electron chi connectivity index (χ0n) is 11.4. The fourth-order valence-corrected chi connectivity index (χ4v) is 1.69. The van der Waals surface area contributed by atoms with Crippen LogP contribution in [-0.4, -0.2) is 28.6 Å². The first-order valence-electron chi connectivity index (χ1n) is 6.46. The van der Waals surface area contributed by atoms with E-state index in [4.69, 9.17) is 0 Å². The van der Waals surface area contributed by atoms with Gasteiger partial charge >= 0.3 is 0 Å². The summed E-state index contributed by atoms with van der Waals surface area (Å²) in [5, 5.41) is 11.6. The number of aryl methyl sites for hydroxylation is 1. The van der Waals surface area contributed by atoms with Gasteiger partial charge in [-0.25, -0.2) is 4.39 Å². The number of halogens is 1. The third kappa shape index (κ3) is 4.13. The number of aromatic amines is 1. The Bertz CT molecular complexity index is 654. The minimum atomic E-state index is -0.513. The maximum Gasteiger partial charge on any atom is 0.251 e. The van der Waals surface area contributed by atoms with E-state index in [9.17, 15) is 14.0 Å². The van der Waals surface area contributed by atoms with Crippen molar-refractivity contribution >= 4 is 17.6 Å². The lowest BCUT2D eigenvalue weighted by molar-refractivity contribution is -0.115. The molecule has 0 aliphatic carbocycles. The van der Waals surface area contributed by atoms with Gasteiger partial charge in [0.05, 0.1) is 6.54 Å². The Labute approximate surface area is 120 Å². The van der Waals surface area contributed by atoms with Gasteiger partial charge in [0.25, 0.3) is 5.91 Å². The number of carbonyl (C=O) groups excluding carboxylic acids is 2. The van der Waals surface area contributed by atoms with Gasteiger partial charge in [-0.05, 0) is 24.6 Å². The van der Waals surface area contributed by atoms with Gasteiger partial charge in [0.2, 0.25) is 5.91 Å². The Hall–Kier alpha value is -2.70. The van der Waals surface area contributed by atoms with Crippen molar-refractivity contribution in [1.82, 2.24) is 15.5 Å². The summed E-state index contributed by atoms with van der Waals surface area (Å²) in [6, 6.07) is 6.96. The van der Waals surface area contributed by atoms with Gasteiger partial charge in [-0.1, -0.05) is 13.0 Å². The molecule has 1 aromatic heterocycles. The topological polar surface area (TPSA) is 86.9 Å². The number of hydrogen-bond acceptors (Lipinski definition) is 3. The molecule has 21 heavy (non-hydrogen) atoms. The van der Waals surface area contributed by atoms with Crippen LogP contribution in [0.1, 0.15) is 23.0 Å². The summed E-state index contributed by atoms with van der Waals surface area (Å²) in [6.07, 6.45) is 0.777. The van der Waals surface area contributed by atoms with Crippen LogP contribution in [0.4, 0.5) is 10.2 Å². The summed E-state index contributed by atoms with van der Waals surface area (Å²) in [4.78, 5) is 23.4. The molecule has 2 aromatic rings. The third-order valence-electron chi connectivity index (χ3n) is 2.78. The molecule has 110 valence electrons. The number of nitrogens with one attached hydrogen (secondary N) is 3. The zero-order chi connectivity index (χ0) is 15.2. The van der Waals surface area contributed by atoms with Crippen LogP contribution < -0.4 is 10.6 Å². The monoisotopic (exact) mass is 290 g/mol. The molecule has 1 heterocycles. The quantitative estimate of drug-likeness (QED) is 0.779. The first-order chi connectivity index (χ1) is 10.1. The lowest BCUT2D eigenvalue weighted by Gasteiger charge is -2.05. The van der Waals surface area contributed by atoms with Gasteiger partial charge in [-0.15, -0.1) is 0 Å². The fraction of sp³-hybridized carbons (Fsp3) is 0.214. The molecular formula is C14H15FN4O2. The van der Waals surface area contributed by atoms with Crippen molar-refractivity contribution in [2.75, 3.05) is 11.9 Å². The maximum atomic E-state index is 13.0. The second kappa shape index (κ2) is 6.65. The molecule has 0 unspecified atom stereocenters. The summed E-state index contributed by atoms with van der Waals surface area (Å²) in [6.45, 7) is 1.74. The Balaban J connectivity index is 1.85. The van der Waals surface area contributed by atoms with Crippen molar-refractivity contribution in [3.63, 3.8) is 0 Å². The second-order valence-electron chi connectivity index (χ2n) is 4.37. The van der Waals surface area contributed by atoms with E-state index < -0.39 is 17.6 Å². The highest BCUT2D eigenvalue weighted by Gasteiger charge is 2.10. The molecule has 2 amide bonds. The van der Waals surface area contributed by atoms with Crippen LogP contribution in [-0.2, 0) is 11.2 Å². The zero-order valence-corrected chi connectivity index (χ0v) is 11.4. The summed E-state index contributed by atoms with van der Waals surface area (Å²) < 4.78 is 13.0. The molecule has 0 spiro atoms. The van der Waals surface area contributed by atoms with Gasteiger partial charge < -0.3 is 10.6 Å². The maximum absolute atomic E-state index is 13.0. The number of benzene rings is 1. The largest absolute Gasteiger partial charge is 0.343 e. The predicted molar refractivity (Wildman–Crippen MR) is 75.3 cm³/mol. The van der Waals surface area contributed by atoms with E-state index in [1.165, 1.54) is 18.2 Å². The number of hydrogen-bond donors (Lipinski definition) is 3. The van der Waals surface area contributed by atoms with E-state index in [1.54, 1.807) is 6.07 Å². The van der Waals surface area contributed by atoms with E-state index in [1.807, 2.05) is 6.92 Å². The van der Waals surface area contributed by atoms with Gasteiger partial charge in [-0.3, -0.25) is 14.7 Å². The number of rotatable bonds is 5. The highest BCUT2D eigenvalue weighted by Crippen LogP contribution is 2.05. The van der Waals surface area contributed by atoms with E-state index in [2.05, 4.69) is 20.8 Å². The average Bonchev–Trinajstić information content (AvgIpc) is 2.92. The number of anilines is 1. The fourth-order valence-electron chi connectivity index (χ4n) is 1.69. The highest BCUT2D eigenvalue weighted by molar-refractivity contribution is 5.99. The van der Waals surface area contributed by atoms with Crippen molar-refractivity contribution in [3.05, 3.63) is 47.4 Å². The van der Waals surface area contributed by atoms with E-state index in [0.717, 1.165) is 18.2 Å². The number of carbonyl (C=O) groups is 2. The molecule has 2 rings (SSSR count). The minimum Gasteiger partial charge on any atom is -0.343 e. The molecule has 0 fully saturated rings. The molecule has 0 aliphatic heterocycles. The summed E-state index contributed by atoms with van der Waals surface area (Å²) in [5.74, 6) is -1.03. The van der Waals surface area contributed by atoms with E-state index in [0.29, 0.717) is 5.82 Å². The SMILES string of the molecule is CCc1cc(NC(=O)CNC(=O)c2cccc(F)c2)n[nH]1. The van der Waals surface area contributed by atoms with Gasteiger partial charge in [0, 0.05) is 17.3 Å². The smallest absolute Gasteiger partial charge is 0.251 e. The first kappa shape index (κ1) is 14.7. The molecule has 1 aromatic carbocycles. The molecule has 0 saturated heterocycles. The standard InChI is InChI=1S/C14H15FN4O2/c1-2-11-7-12(19-18-11)17-13(20)8-16-14(21)9-4-3-5-10(15)6-9/h3-7H,2,8H2,1H3,(H,16,21)(H2,17,18,19,20). The van der Waals surface area contributed by atoms with Gasteiger partial charge in [0.15, 0.2) is 5.82 Å². The van der Waals surface area contributed by atoms with Crippen LogP contribution in [0.2, 0.25) is 0 Å². The lowest BCUT2D eigenvalue weighted by atomic mass is 10.2. The average molecular weight is 290 g/mol. The van der Waals surface area contributed by atoms with Crippen LogP contribution in [0.25, 0.3) is 0 Å². The molecule has 0 atom stereocenters. The predicted octanol–water partition coefficient (Wildman–Crippen LogP) is 1.48. The van der Waals surface area contributed by atoms with Crippen LogP contribution in [0, 0.1) is 5.82 Å². The summed E-state index contributed by atoms with van der Waals surface area (Å²) in [7, 11) is 0. The number of aromatic nitrogens is 2. The Kier molecular flexibility index (Phi) is 4.65. The van der Waals surface area contributed by atoms with Gasteiger partial charge in [0.1, 0.15) is 5.82 Å².